The van der Waals surface area contributed by atoms with E-state index in [1.807, 2.05) is 68.9 Å². The van der Waals surface area contributed by atoms with E-state index in [-0.39, 0.29) is 11.9 Å². The van der Waals surface area contributed by atoms with Gasteiger partial charge in [-0.3, -0.25) is 9.48 Å². The molecule has 29 heavy (non-hydrogen) atoms. The van der Waals surface area contributed by atoms with Gasteiger partial charge < -0.3 is 10.1 Å². The third kappa shape index (κ3) is 5.18. The van der Waals surface area contributed by atoms with Gasteiger partial charge in [0, 0.05) is 28.9 Å². The van der Waals surface area contributed by atoms with E-state index in [1.165, 1.54) is 0 Å². The number of ether oxygens (including phenoxy) is 1. The van der Waals surface area contributed by atoms with Gasteiger partial charge in [0.05, 0.1) is 11.7 Å². The number of benzene rings is 2. The maximum atomic E-state index is 12.7. The Bertz CT molecular complexity index is 1010. The fourth-order valence-electron chi connectivity index (χ4n) is 3.22. The molecule has 0 fully saturated rings. The van der Waals surface area contributed by atoms with Crippen LogP contribution < -0.4 is 10.1 Å². The summed E-state index contributed by atoms with van der Waals surface area (Å²) in [4.78, 5) is 12.7. The molecule has 6 heteroatoms. The van der Waals surface area contributed by atoms with Gasteiger partial charge in [0.2, 0.25) is 0 Å². The zero-order chi connectivity index (χ0) is 21.0. The molecule has 1 N–H and O–H groups in total. The first-order chi connectivity index (χ1) is 13.9. The first-order valence-corrected chi connectivity index (χ1v) is 10.1. The summed E-state index contributed by atoms with van der Waals surface area (Å²) in [5.74, 6) is 0.659. The largest absolute Gasteiger partial charge is 0.489 e. The molecule has 0 saturated carbocycles. The second kappa shape index (κ2) is 9.14. The topological polar surface area (TPSA) is 56.2 Å². The van der Waals surface area contributed by atoms with Crippen molar-refractivity contribution in [1.82, 2.24) is 15.1 Å². The zero-order valence-electron chi connectivity index (χ0n) is 17.2. The van der Waals surface area contributed by atoms with Crippen LogP contribution >= 0.6 is 11.6 Å². The average Bonchev–Trinajstić information content (AvgIpc) is 3.08. The molecule has 0 aliphatic rings. The van der Waals surface area contributed by atoms with Gasteiger partial charge in [0.15, 0.2) is 0 Å². The smallest absolute Gasteiger partial charge is 0.251 e. The minimum atomic E-state index is -0.126. The van der Waals surface area contributed by atoms with E-state index in [0.717, 1.165) is 34.7 Å². The highest BCUT2D eigenvalue weighted by Gasteiger charge is 2.16. The molecule has 1 aromatic heterocycles. The fraction of sp³-hybridized carbons (Fsp3) is 0.304. The van der Waals surface area contributed by atoms with Crippen LogP contribution in [-0.4, -0.2) is 15.7 Å². The van der Waals surface area contributed by atoms with Crippen LogP contribution in [-0.2, 0) is 13.2 Å². The van der Waals surface area contributed by atoms with Gasteiger partial charge in [0.1, 0.15) is 12.4 Å². The molecule has 1 atom stereocenters. The van der Waals surface area contributed by atoms with Crippen LogP contribution in [0.4, 0.5) is 0 Å². The van der Waals surface area contributed by atoms with E-state index in [1.54, 1.807) is 12.1 Å². The highest BCUT2D eigenvalue weighted by molar-refractivity contribution is 6.30. The molecule has 0 radical (unpaired) electrons. The van der Waals surface area contributed by atoms with Gasteiger partial charge in [-0.15, -0.1) is 0 Å². The summed E-state index contributed by atoms with van der Waals surface area (Å²) in [6.45, 7) is 9.10. The number of amides is 1. The summed E-state index contributed by atoms with van der Waals surface area (Å²) in [6, 6.07) is 12.9. The Balaban J connectivity index is 1.66. The summed E-state index contributed by atoms with van der Waals surface area (Å²) in [5.41, 5.74) is 4.46. The predicted molar refractivity (Wildman–Crippen MR) is 115 cm³/mol. The predicted octanol–water partition coefficient (Wildman–Crippen LogP) is 5.24. The van der Waals surface area contributed by atoms with Crippen LogP contribution in [0, 0.1) is 13.8 Å². The van der Waals surface area contributed by atoms with Crippen LogP contribution in [0.15, 0.2) is 48.7 Å². The van der Waals surface area contributed by atoms with Crippen LogP contribution in [0.1, 0.15) is 52.6 Å². The minimum absolute atomic E-state index is 0.120. The summed E-state index contributed by atoms with van der Waals surface area (Å²) in [7, 11) is 0. The molecule has 1 heterocycles. The lowest BCUT2D eigenvalue weighted by atomic mass is 10.1. The van der Waals surface area contributed by atoms with Crippen molar-refractivity contribution in [3.8, 4) is 5.75 Å². The molecular weight excluding hydrogens is 386 g/mol. The van der Waals surface area contributed by atoms with Crippen molar-refractivity contribution in [2.45, 2.75) is 46.9 Å². The first kappa shape index (κ1) is 20.9. The minimum Gasteiger partial charge on any atom is -0.489 e. The van der Waals surface area contributed by atoms with Crippen LogP contribution in [0.3, 0.4) is 0 Å². The van der Waals surface area contributed by atoms with Crippen LogP contribution in [0.5, 0.6) is 5.75 Å². The number of nitrogens with one attached hydrogen (secondary N) is 1. The summed E-state index contributed by atoms with van der Waals surface area (Å²) >= 11 is 5.99. The number of carbonyl (C=O) groups is 1. The molecular formula is C23H26ClN3O2. The Hall–Kier alpha value is -2.79. The summed E-state index contributed by atoms with van der Waals surface area (Å²) < 4.78 is 7.77. The lowest BCUT2D eigenvalue weighted by Crippen LogP contribution is -2.27. The average molecular weight is 412 g/mol. The van der Waals surface area contributed by atoms with Crippen molar-refractivity contribution in [3.63, 3.8) is 0 Å². The first-order valence-electron chi connectivity index (χ1n) is 9.70. The van der Waals surface area contributed by atoms with Gasteiger partial charge in [-0.1, -0.05) is 23.7 Å². The number of hydrogen-bond acceptors (Lipinski definition) is 3. The molecule has 0 aliphatic carbocycles. The number of hydrogen-bond donors (Lipinski definition) is 1. The summed E-state index contributed by atoms with van der Waals surface area (Å²) in [5, 5.41) is 8.19. The van der Waals surface area contributed by atoms with Gasteiger partial charge >= 0.3 is 0 Å². The third-order valence-electron chi connectivity index (χ3n) is 4.84. The molecule has 5 nitrogen and oxygen atoms in total. The van der Waals surface area contributed by atoms with E-state index in [2.05, 4.69) is 10.4 Å². The van der Waals surface area contributed by atoms with Crippen molar-refractivity contribution in [1.29, 1.82) is 0 Å². The molecule has 1 unspecified atom stereocenters. The molecule has 2 aromatic carbocycles. The quantitative estimate of drug-likeness (QED) is 0.578. The Morgan fingerprint density at radius 3 is 2.72 bits per heavy atom. The second-order valence-electron chi connectivity index (χ2n) is 7.12. The lowest BCUT2D eigenvalue weighted by Gasteiger charge is -2.14. The molecule has 152 valence electrons. The number of nitrogens with zero attached hydrogens (tertiary/aromatic N) is 2. The van der Waals surface area contributed by atoms with Gasteiger partial charge in [-0.2, -0.15) is 5.10 Å². The maximum absolute atomic E-state index is 12.7. The molecule has 0 bridgehead atoms. The lowest BCUT2D eigenvalue weighted by molar-refractivity contribution is 0.0939. The molecule has 1 amide bonds. The number of carbonyl (C=O) groups excluding carboxylic acids is 1. The van der Waals surface area contributed by atoms with Crippen molar-refractivity contribution >= 4 is 17.5 Å². The van der Waals surface area contributed by atoms with E-state index in [4.69, 9.17) is 16.3 Å². The van der Waals surface area contributed by atoms with Crippen molar-refractivity contribution < 1.29 is 9.53 Å². The van der Waals surface area contributed by atoms with E-state index in [9.17, 15) is 4.79 Å². The zero-order valence-corrected chi connectivity index (χ0v) is 18.0. The Kier molecular flexibility index (Phi) is 6.60. The Morgan fingerprint density at radius 1 is 1.24 bits per heavy atom. The highest BCUT2D eigenvalue weighted by atomic mass is 35.5. The molecule has 3 aromatic rings. The van der Waals surface area contributed by atoms with Crippen molar-refractivity contribution in [2.24, 2.45) is 0 Å². The van der Waals surface area contributed by atoms with Gasteiger partial charge in [-0.05, 0) is 69.2 Å². The Labute approximate surface area is 176 Å². The fourth-order valence-corrected chi connectivity index (χ4v) is 3.44. The second-order valence-corrected chi connectivity index (χ2v) is 7.56. The van der Waals surface area contributed by atoms with Crippen LogP contribution in [0.2, 0.25) is 5.02 Å². The number of aromatic nitrogens is 2. The summed E-state index contributed by atoms with van der Waals surface area (Å²) in [6.07, 6.45) is 1.99. The molecule has 3 rings (SSSR count). The van der Waals surface area contributed by atoms with Crippen molar-refractivity contribution in [2.75, 3.05) is 0 Å². The van der Waals surface area contributed by atoms with Gasteiger partial charge in [0.25, 0.3) is 5.91 Å². The van der Waals surface area contributed by atoms with E-state index >= 15 is 0 Å². The van der Waals surface area contributed by atoms with Crippen LogP contribution in [0.25, 0.3) is 0 Å². The molecule has 0 aliphatic heterocycles. The van der Waals surface area contributed by atoms with E-state index < -0.39 is 0 Å². The van der Waals surface area contributed by atoms with Gasteiger partial charge in [-0.25, -0.2) is 0 Å². The van der Waals surface area contributed by atoms with Crippen molar-refractivity contribution in [3.05, 3.63) is 81.6 Å². The maximum Gasteiger partial charge on any atom is 0.251 e. The Morgan fingerprint density at radius 2 is 2.03 bits per heavy atom. The molecule has 0 spiro atoms. The number of halogens is 1. The number of rotatable bonds is 7. The SMILES string of the molecule is CCn1cc(C(C)NC(=O)c2cccc(COc3ccc(Cl)cc3C)c2)c(C)n1. The number of aryl methyl sites for hydroxylation is 3. The highest BCUT2D eigenvalue weighted by Crippen LogP contribution is 2.23. The molecule has 0 saturated heterocycles. The standard InChI is InChI=1S/C23H26ClN3O2/c1-5-27-13-21(17(4)26-27)16(3)25-23(28)19-8-6-7-18(12-19)14-29-22-10-9-20(24)11-15(22)2/h6-13,16H,5,14H2,1-4H3,(H,25,28). The third-order valence-corrected chi connectivity index (χ3v) is 5.08. The normalized spacial score (nSPS) is 11.9. The van der Waals surface area contributed by atoms with E-state index in [0.29, 0.717) is 17.2 Å². The monoisotopic (exact) mass is 411 g/mol.